The highest BCUT2D eigenvalue weighted by atomic mass is 32.1. The summed E-state index contributed by atoms with van der Waals surface area (Å²) >= 11 is 1.23. The maximum Gasteiger partial charge on any atom is 0.337 e. The number of terminal acetylenes is 1. The number of thiazole rings is 1. The summed E-state index contributed by atoms with van der Waals surface area (Å²) in [4.78, 5) is 54.1. The lowest BCUT2D eigenvalue weighted by atomic mass is 10.2. The molecular formula is C23H17N3O5S. The van der Waals surface area contributed by atoms with Gasteiger partial charge in [-0.1, -0.05) is 17.3 Å². The second-order valence-electron chi connectivity index (χ2n) is 6.94. The van der Waals surface area contributed by atoms with Gasteiger partial charge in [-0.25, -0.2) is 4.79 Å². The zero-order valence-electron chi connectivity index (χ0n) is 17.0. The molecule has 0 radical (unpaired) electrons. The highest BCUT2D eigenvalue weighted by Crippen LogP contribution is 2.23. The molecule has 32 heavy (non-hydrogen) atoms. The van der Waals surface area contributed by atoms with Gasteiger partial charge in [0.05, 0.1) is 35.1 Å². The summed E-state index contributed by atoms with van der Waals surface area (Å²) < 4.78 is 7.20. The van der Waals surface area contributed by atoms with Crippen LogP contribution in [0.15, 0.2) is 47.5 Å². The Morgan fingerprint density at radius 3 is 2.38 bits per heavy atom. The maximum absolute atomic E-state index is 12.8. The van der Waals surface area contributed by atoms with Crippen molar-refractivity contribution in [1.82, 2.24) is 4.57 Å². The van der Waals surface area contributed by atoms with Gasteiger partial charge < -0.3 is 9.30 Å². The highest BCUT2D eigenvalue weighted by Gasteiger charge is 2.30. The van der Waals surface area contributed by atoms with Crippen LogP contribution < -0.4 is 9.70 Å². The minimum Gasteiger partial charge on any atom is -0.465 e. The Kier molecular flexibility index (Phi) is 5.71. The van der Waals surface area contributed by atoms with Gasteiger partial charge in [0, 0.05) is 18.4 Å². The number of anilines is 1. The summed E-state index contributed by atoms with van der Waals surface area (Å²) in [5.74, 6) is 1.07. The number of nitrogens with zero attached hydrogens (tertiary/aromatic N) is 3. The van der Waals surface area contributed by atoms with E-state index in [0.717, 1.165) is 15.1 Å². The number of hydrogen-bond acceptors (Lipinski definition) is 6. The molecule has 2 heterocycles. The number of ether oxygens (including phenoxy) is 1. The quantitative estimate of drug-likeness (QED) is 0.348. The van der Waals surface area contributed by atoms with Gasteiger partial charge in [0.2, 0.25) is 11.8 Å². The first kappa shape index (κ1) is 21.2. The lowest BCUT2D eigenvalue weighted by Gasteiger charge is -2.13. The SMILES string of the molecule is C#CCn1c(=NC(=O)c2ccc(N3C(=O)CCC3=O)cc2)sc2cc(C(=O)OC)ccc21. The molecule has 9 heteroatoms. The summed E-state index contributed by atoms with van der Waals surface area (Å²) in [5.41, 5.74) is 1.85. The molecule has 1 aromatic heterocycles. The molecule has 0 atom stereocenters. The molecule has 1 fully saturated rings. The number of imide groups is 1. The fourth-order valence-electron chi connectivity index (χ4n) is 3.42. The third-order valence-corrected chi connectivity index (χ3v) is 6.02. The second kappa shape index (κ2) is 8.61. The number of hydrogen-bond donors (Lipinski definition) is 0. The first-order chi connectivity index (χ1) is 15.4. The number of methoxy groups -OCH3 is 1. The second-order valence-corrected chi connectivity index (χ2v) is 7.94. The minimum atomic E-state index is -0.499. The minimum absolute atomic E-state index is 0.188. The van der Waals surface area contributed by atoms with Crippen molar-refractivity contribution in [1.29, 1.82) is 0 Å². The summed E-state index contributed by atoms with van der Waals surface area (Å²) in [6.45, 7) is 0.196. The van der Waals surface area contributed by atoms with Crippen LogP contribution in [-0.2, 0) is 20.9 Å². The topological polar surface area (TPSA) is 98.0 Å². The average Bonchev–Trinajstić information content (AvgIpc) is 3.31. The maximum atomic E-state index is 12.8. The molecule has 0 spiro atoms. The van der Waals surface area contributed by atoms with E-state index in [9.17, 15) is 19.2 Å². The van der Waals surface area contributed by atoms with Crippen LogP contribution >= 0.6 is 11.3 Å². The Morgan fingerprint density at radius 1 is 1.09 bits per heavy atom. The van der Waals surface area contributed by atoms with E-state index in [1.54, 1.807) is 34.9 Å². The molecule has 3 aromatic rings. The predicted octanol–water partition coefficient (Wildman–Crippen LogP) is 2.52. The molecule has 0 N–H and O–H groups in total. The van der Waals surface area contributed by atoms with E-state index >= 15 is 0 Å². The summed E-state index contributed by atoms with van der Waals surface area (Å²) in [5, 5.41) is 0. The molecule has 8 nitrogen and oxygen atoms in total. The molecule has 3 amide bonds. The van der Waals surface area contributed by atoms with Crippen molar-refractivity contribution >= 4 is 50.9 Å². The number of amides is 3. The summed E-state index contributed by atoms with van der Waals surface area (Å²) in [6.07, 6.45) is 5.87. The number of benzene rings is 2. The Hall–Kier alpha value is -4.03. The average molecular weight is 447 g/mol. The fourth-order valence-corrected chi connectivity index (χ4v) is 4.48. The molecule has 1 aliphatic rings. The molecule has 0 aliphatic carbocycles. The summed E-state index contributed by atoms with van der Waals surface area (Å²) in [6, 6.07) is 11.2. The Morgan fingerprint density at radius 2 is 1.75 bits per heavy atom. The van der Waals surface area contributed by atoms with Gasteiger partial charge >= 0.3 is 5.97 Å². The lowest BCUT2D eigenvalue weighted by Crippen LogP contribution is -2.28. The highest BCUT2D eigenvalue weighted by molar-refractivity contribution is 7.16. The molecule has 0 saturated carbocycles. The number of carbonyl (C=O) groups excluding carboxylic acids is 4. The van der Waals surface area contributed by atoms with Crippen molar-refractivity contribution in [2.24, 2.45) is 4.99 Å². The Labute approximate surface area is 186 Å². The molecule has 4 rings (SSSR count). The molecule has 160 valence electrons. The number of rotatable bonds is 4. The fraction of sp³-hybridized carbons (Fsp3) is 0.174. The van der Waals surface area contributed by atoms with E-state index in [4.69, 9.17) is 11.2 Å². The number of fused-ring (bicyclic) bond motifs is 1. The van der Waals surface area contributed by atoms with Crippen LogP contribution in [0.5, 0.6) is 0 Å². The van der Waals surface area contributed by atoms with Crippen molar-refractivity contribution in [2.75, 3.05) is 12.0 Å². The van der Waals surface area contributed by atoms with Crippen molar-refractivity contribution in [2.45, 2.75) is 19.4 Å². The third-order valence-electron chi connectivity index (χ3n) is 4.97. The normalized spacial score (nSPS) is 14.1. The van der Waals surface area contributed by atoms with Gasteiger partial charge in [0.25, 0.3) is 5.91 Å². The van der Waals surface area contributed by atoms with Gasteiger partial charge in [-0.05, 0) is 42.5 Å². The predicted molar refractivity (Wildman–Crippen MR) is 118 cm³/mol. The molecule has 0 unspecified atom stereocenters. The number of esters is 1. The van der Waals surface area contributed by atoms with Crippen molar-refractivity contribution in [3.63, 3.8) is 0 Å². The molecular weight excluding hydrogens is 430 g/mol. The largest absolute Gasteiger partial charge is 0.465 e. The standard InChI is InChI=1S/C23H17N3O5S/c1-3-12-25-17-9-6-15(22(30)31-2)13-18(17)32-23(25)24-21(29)14-4-7-16(8-5-14)26-19(27)10-11-20(26)28/h1,4-9,13H,10-12H2,2H3. The first-order valence-electron chi connectivity index (χ1n) is 9.63. The molecule has 1 saturated heterocycles. The van der Waals surface area contributed by atoms with Crippen LogP contribution in [0.1, 0.15) is 33.6 Å². The van der Waals surface area contributed by atoms with Crippen molar-refractivity contribution in [3.8, 4) is 12.3 Å². The monoisotopic (exact) mass is 447 g/mol. The lowest BCUT2D eigenvalue weighted by molar-refractivity contribution is -0.121. The van der Waals surface area contributed by atoms with E-state index in [1.165, 1.54) is 30.6 Å². The van der Waals surface area contributed by atoms with E-state index in [2.05, 4.69) is 10.9 Å². The molecule has 1 aliphatic heterocycles. The van der Waals surface area contributed by atoms with E-state index in [-0.39, 0.29) is 31.2 Å². The summed E-state index contributed by atoms with van der Waals surface area (Å²) in [7, 11) is 1.31. The van der Waals surface area contributed by atoms with Crippen molar-refractivity contribution in [3.05, 3.63) is 58.4 Å². The Bertz CT molecular complexity index is 1360. The first-order valence-corrected chi connectivity index (χ1v) is 10.4. The molecule has 2 aromatic carbocycles. The number of aromatic nitrogens is 1. The van der Waals surface area contributed by atoms with Crippen LogP contribution in [0.4, 0.5) is 5.69 Å². The van der Waals surface area contributed by atoms with Gasteiger partial charge in [-0.15, -0.1) is 6.42 Å². The van der Waals surface area contributed by atoms with Crippen LogP contribution in [0.25, 0.3) is 10.2 Å². The molecule has 0 bridgehead atoms. The van der Waals surface area contributed by atoms with Gasteiger partial charge in [-0.3, -0.25) is 19.3 Å². The van der Waals surface area contributed by atoms with Crippen LogP contribution in [0, 0.1) is 12.3 Å². The van der Waals surface area contributed by atoms with Crippen LogP contribution in [0.2, 0.25) is 0 Å². The Balaban J connectivity index is 1.70. The number of carbonyl (C=O) groups is 4. The van der Waals surface area contributed by atoms with E-state index < -0.39 is 11.9 Å². The van der Waals surface area contributed by atoms with E-state index in [0.29, 0.717) is 21.6 Å². The van der Waals surface area contributed by atoms with Crippen LogP contribution in [0.3, 0.4) is 0 Å². The van der Waals surface area contributed by atoms with Gasteiger partial charge in [-0.2, -0.15) is 4.99 Å². The smallest absolute Gasteiger partial charge is 0.337 e. The third kappa shape index (κ3) is 3.84. The van der Waals surface area contributed by atoms with E-state index in [1.807, 2.05) is 0 Å². The zero-order chi connectivity index (χ0) is 22.8. The van der Waals surface area contributed by atoms with Crippen molar-refractivity contribution < 1.29 is 23.9 Å². The van der Waals surface area contributed by atoms with Gasteiger partial charge in [0.1, 0.15) is 0 Å². The zero-order valence-corrected chi connectivity index (χ0v) is 17.8. The van der Waals surface area contributed by atoms with Crippen LogP contribution in [-0.4, -0.2) is 35.4 Å². The van der Waals surface area contributed by atoms with Gasteiger partial charge in [0.15, 0.2) is 4.80 Å².